The third-order valence-corrected chi connectivity index (χ3v) is 3.82. The summed E-state index contributed by atoms with van der Waals surface area (Å²) in [6.07, 6.45) is 0. The number of hydrogen-bond donors (Lipinski definition) is 4. The molecule has 0 spiro atoms. The number of amides is 2. The van der Waals surface area contributed by atoms with E-state index in [4.69, 9.17) is 10.2 Å². The first kappa shape index (κ1) is 22.7. The topological polar surface area (TPSA) is 176 Å². The number of rotatable bonds is 8. The molecular formula is C20H16N2O9. The maximum atomic E-state index is 12.0. The van der Waals surface area contributed by atoms with Crippen molar-refractivity contribution in [2.45, 2.75) is 0 Å². The van der Waals surface area contributed by atoms with E-state index in [9.17, 15) is 28.8 Å². The van der Waals surface area contributed by atoms with Gasteiger partial charge in [0.25, 0.3) is 11.8 Å². The smallest absolute Gasteiger partial charge is 0.336 e. The van der Waals surface area contributed by atoms with Crippen LogP contribution < -0.4 is 10.6 Å². The number of aromatic carboxylic acids is 2. The van der Waals surface area contributed by atoms with E-state index in [-0.39, 0.29) is 22.3 Å². The minimum Gasteiger partial charge on any atom is -0.478 e. The van der Waals surface area contributed by atoms with Crippen LogP contribution in [0.2, 0.25) is 0 Å². The van der Waals surface area contributed by atoms with Gasteiger partial charge in [-0.3, -0.25) is 9.59 Å². The Morgan fingerprint density at radius 1 is 0.613 bits per heavy atom. The van der Waals surface area contributed by atoms with E-state index in [1.807, 2.05) is 0 Å². The summed E-state index contributed by atoms with van der Waals surface area (Å²) < 4.78 is 4.44. The molecule has 4 N–H and O–H groups in total. The van der Waals surface area contributed by atoms with Crippen molar-refractivity contribution >= 4 is 35.7 Å². The Morgan fingerprint density at radius 2 is 0.935 bits per heavy atom. The molecule has 11 heteroatoms. The second-order valence-electron chi connectivity index (χ2n) is 5.91. The fourth-order valence-corrected chi connectivity index (χ4v) is 2.43. The minimum atomic E-state index is -1.33. The first-order valence-corrected chi connectivity index (χ1v) is 8.65. The molecule has 0 saturated heterocycles. The highest BCUT2D eigenvalue weighted by atomic mass is 16.6. The zero-order valence-corrected chi connectivity index (χ0v) is 15.8. The van der Waals surface area contributed by atoms with E-state index in [0.29, 0.717) is 0 Å². The molecule has 0 saturated carbocycles. The van der Waals surface area contributed by atoms with Crippen LogP contribution in [0.1, 0.15) is 41.4 Å². The molecule has 0 atom stereocenters. The standard InChI is InChI=1S/C20H16N2O9/c23-15(9-21-17(25)11-5-1-3-7-13(11)19(27)28)31-16(24)10-22-18(26)12-6-2-4-8-14(12)20(29)30/h1-8H,9-10H2,(H,21,25)(H,22,26)(H,27,28)(H,29,30). The molecule has 0 radical (unpaired) electrons. The first-order valence-electron chi connectivity index (χ1n) is 8.65. The highest BCUT2D eigenvalue weighted by molar-refractivity contribution is 6.06. The Hall–Kier alpha value is -4.54. The Kier molecular flexibility index (Phi) is 7.56. The van der Waals surface area contributed by atoms with Crippen molar-refractivity contribution in [3.8, 4) is 0 Å². The average Bonchev–Trinajstić information content (AvgIpc) is 2.75. The second-order valence-corrected chi connectivity index (χ2v) is 5.91. The number of nitrogens with one attached hydrogen (secondary N) is 2. The molecule has 2 aromatic rings. The molecule has 2 amide bonds. The number of hydrogen-bond acceptors (Lipinski definition) is 7. The van der Waals surface area contributed by atoms with Gasteiger partial charge in [-0.05, 0) is 24.3 Å². The molecule has 0 heterocycles. The van der Waals surface area contributed by atoms with E-state index in [2.05, 4.69) is 15.4 Å². The lowest BCUT2D eigenvalue weighted by atomic mass is 10.1. The molecule has 0 aliphatic rings. The molecule has 0 aliphatic carbocycles. The Labute approximate surface area is 174 Å². The lowest BCUT2D eigenvalue weighted by molar-refractivity contribution is -0.158. The summed E-state index contributed by atoms with van der Waals surface area (Å²) in [6.45, 7) is -1.46. The number of benzene rings is 2. The quantitative estimate of drug-likeness (QED) is 0.340. The summed E-state index contributed by atoms with van der Waals surface area (Å²) in [5.41, 5.74) is -0.903. The summed E-state index contributed by atoms with van der Waals surface area (Å²) in [4.78, 5) is 69.7. The van der Waals surface area contributed by atoms with Gasteiger partial charge in [0.15, 0.2) is 0 Å². The molecular weight excluding hydrogens is 412 g/mol. The number of carboxylic acids is 2. The molecule has 11 nitrogen and oxygen atoms in total. The van der Waals surface area contributed by atoms with E-state index in [1.54, 1.807) is 0 Å². The minimum absolute atomic E-state index is 0.182. The fourth-order valence-electron chi connectivity index (χ4n) is 2.43. The summed E-state index contributed by atoms with van der Waals surface area (Å²) >= 11 is 0. The Bertz CT molecular complexity index is 979. The van der Waals surface area contributed by atoms with Gasteiger partial charge < -0.3 is 25.6 Å². The molecule has 0 unspecified atom stereocenters. The van der Waals surface area contributed by atoms with Crippen molar-refractivity contribution in [3.63, 3.8) is 0 Å². The van der Waals surface area contributed by atoms with Crippen LogP contribution in [0.4, 0.5) is 0 Å². The van der Waals surface area contributed by atoms with Crippen molar-refractivity contribution < 1.29 is 43.7 Å². The SMILES string of the molecule is O=C(CNC(=O)c1ccccc1C(=O)O)OC(=O)CNC(=O)c1ccccc1C(=O)O. The van der Waals surface area contributed by atoms with Crippen LogP contribution in [0.25, 0.3) is 0 Å². The van der Waals surface area contributed by atoms with Gasteiger partial charge >= 0.3 is 23.9 Å². The Morgan fingerprint density at radius 3 is 1.26 bits per heavy atom. The van der Waals surface area contributed by atoms with E-state index >= 15 is 0 Å². The van der Waals surface area contributed by atoms with Crippen molar-refractivity contribution in [2.75, 3.05) is 13.1 Å². The third-order valence-electron chi connectivity index (χ3n) is 3.82. The molecule has 0 aliphatic heterocycles. The normalized spacial score (nSPS) is 9.94. The molecule has 0 bridgehead atoms. The monoisotopic (exact) mass is 428 g/mol. The lowest BCUT2D eigenvalue weighted by Crippen LogP contribution is -2.36. The number of carbonyl (C=O) groups is 6. The highest BCUT2D eigenvalue weighted by Crippen LogP contribution is 2.09. The Balaban J connectivity index is 1.85. The van der Waals surface area contributed by atoms with Crippen LogP contribution in [0, 0.1) is 0 Å². The number of ether oxygens (including phenoxy) is 1. The lowest BCUT2D eigenvalue weighted by Gasteiger charge is -2.09. The van der Waals surface area contributed by atoms with Gasteiger partial charge in [0.05, 0.1) is 22.3 Å². The molecule has 0 fully saturated rings. The number of esters is 2. The molecule has 160 valence electrons. The summed E-state index contributed by atoms with van der Waals surface area (Å²) in [5, 5.41) is 22.4. The molecule has 2 aromatic carbocycles. The van der Waals surface area contributed by atoms with Gasteiger partial charge in [-0.15, -0.1) is 0 Å². The fraction of sp³-hybridized carbons (Fsp3) is 0.100. The molecule has 31 heavy (non-hydrogen) atoms. The van der Waals surface area contributed by atoms with Crippen LogP contribution in [-0.4, -0.2) is 59.0 Å². The summed E-state index contributed by atoms with van der Waals surface area (Å²) in [6, 6.07) is 10.7. The maximum Gasteiger partial charge on any atom is 0.336 e. The molecule has 0 aromatic heterocycles. The zero-order chi connectivity index (χ0) is 23.0. The van der Waals surface area contributed by atoms with Gasteiger partial charge in [-0.1, -0.05) is 24.3 Å². The van der Waals surface area contributed by atoms with Crippen molar-refractivity contribution in [3.05, 3.63) is 70.8 Å². The van der Waals surface area contributed by atoms with Gasteiger partial charge in [0.1, 0.15) is 13.1 Å². The van der Waals surface area contributed by atoms with Gasteiger partial charge in [0.2, 0.25) is 0 Å². The predicted octanol–water partition coefficient (Wildman–Crippen LogP) is 0.313. The number of carbonyl (C=O) groups excluding carboxylic acids is 4. The van der Waals surface area contributed by atoms with Gasteiger partial charge in [0, 0.05) is 0 Å². The largest absolute Gasteiger partial charge is 0.478 e. The van der Waals surface area contributed by atoms with Gasteiger partial charge in [-0.2, -0.15) is 0 Å². The van der Waals surface area contributed by atoms with Crippen molar-refractivity contribution in [1.29, 1.82) is 0 Å². The van der Waals surface area contributed by atoms with Crippen LogP contribution in [0.15, 0.2) is 48.5 Å². The van der Waals surface area contributed by atoms with Crippen LogP contribution in [0.3, 0.4) is 0 Å². The first-order chi connectivity index (χ1) is 14.7. The summed E-state index contributed by atoms with van der Waals surface area (Å²) in [5.74, 6) is -6.67. The summed E-state index contributed by atoms with van der Waals surface area (Å²) in [7, 11) is 0. The van der Waals surface area contributed by atoms with Gasteiger partial charge in [-0.25, -0.2) is 19.2 Å². The van der Waals surface area contributed by atoms with Crippen LogP contribution >= 0.6 is 0 Å². The maximum absolute atomic E-state index is 12.0. The third kappa shape index (κ3) is 6.22. The van der Waals surface area contributed by atoms with Crippen LogP contribution in [0.5, 0.6) is 0 Å². The van der Waals surface area contributed by atoms with Crippen LogP contribution in [-0.2, 0) is 14.3 Å². The average molecular weight is 428 g/mol. The number of carboxylic acid groups (broad SMARTS) is 2. The highest BCUT2D eigenvalue weighted by Gasteiger charge is 2.19. The van der Waals surface area contributed by atoms with E-state index < -0.39 is 48.8 Å². The zero-order valence-electron chi connectivity index (χ0n) is 15.8. The second kappa shape index (κ2) is 10.3. The van der Waals surface area contributed by atoms with E-state index in [0.717, 1.165) is 0 Å². The molecule has 2 rings (SSSR count). The van der Waals surface area contributed by atoms with Crippen molar-refractivity contribution in [2.24, 2.45) is 0 Å². The van der Waals surface area contributed by atoms with Crippen molar-refractivity contribution in [1.82, 2.24) is 10.6 Å². The van der Waals surface area contributed by atoms with E-state index in [1.165, 1.54) is 48.5 Å². The predicted molar refractivity (Wildman–Crippen MR) is 103 cm³/mol.